The van der Waals surface area contributed by atoms with E-state index in [1.54, 1.807) is 23.1 Å². The predicted molar refractivity (Wildman–Crippen MR) is 85.1 cm³/mol. The highest BCUT2D eigenvalue weighted by atomic mass is 19.1. The molecule has 3 heterocycles. The Kier molecular flexibility index (Phi) is 4.11. The molecule has 134 valence electrons. The number of benzene rings is 1. The van der Waals surface area contributed by atoms with E-state index in [4.69, 9.17) is 4.74 Å². The number of fused-ring (bicyclic) bond motifs is 2. The van der Waals surface area contributed by atoms with Gasteiger partial charge in [-0.1, -0.05) is 12.1 Å². The predicted octanol–water partition coefficient (Wildman–Crippen LogP) is 0.0178. The number of rotatable bonds is 3. The lowest BCUT2D eigenvalue weighted by Gasteiger charge is -2.39. The molecule has 0 aromatic heterocycles. The number of hydrogen-bond donors (Lipinski definition) is 0. The molecule has 3 saturated heterocycles. The van der Waals surface area contributed by atoms with E-state index in [1.165, 1.54) is 6.07 Å². The average Bonchev–Trinajstić information content (AvgIpc) is 3.23. The van der Waals surface area contributed by atoms with Crippen LogP contribution in [-0.2, 0) is 14.3 Å². The van der Waals surface area contributed by atoms with Crippen LogP contribution in [0.5, 0.6) is 0 Å². The summed E-state index contributed by atoms with van der Waals surface area (Å²) in [7, 11) is 0. The standard InChI is InChI=1S/C18H21FN2O4/c19-11-3-1-2-4-12(11)20-7-9-21(10-8-20)17(22)15-13-5-6-14(25-13)16(15)18(23)24/h1-4,13-16H,5-10H2,(H,23,24)/p-1/t13-,14+,15-,16-/m0/s1. The fraction of sp³-hybridized carbons (Fsp3) is 0.556. The molecule has 1 aromatic carbocycles. The van der Waals surface area contributed by atoms with Crippen molar-refractivity contribution in [2.75, 3.05) is 31.1 Å². The van der Waals surface area contributed by atoms with Crippen molar-refractivity contribution in [3.63, 3.8) is 0 Å². The number of anilines is 1. The van der Waals surface area contributed by atoms with Crippen LogP contribution in [0.25, 0.3) is 0 Å². The number of carbonyl (C=O) groups excluding carboxylic acids is 2. The number of hydrogen-bond acceptors (Lipinski definition) is 5. The molecule has 0 aliphatic carbocycles. The van der Waals surface area contributed by atoms with E-state index >= 15 is 0 Å². The van der Waals surface area contributed by atoms with Crippen LogP contribution in [0.1, 0.15) is 12.8 Å². The van der Waals surface area contributed by atoms with Crippen LogP contribution < -0.4 is 10.0 Å². The highest BCUT2D eigenvalue weighted by Gasteiger charge is 2.53. The first-order valence-corrected chi connectivity index (χ1v) is 8.71. The summed E-state index contributed by atoms with van der Waals surface area (Å²) in [5, 5.41) is 11.5. The van der Waals surface area contributed by atoms with Gasteiger partial charge in [0, 0.05) is 38.1 Å². The van der Waals surface area contributed by atoms with Gasteiger partial charge in [0.1, 0.15) is 5.82 Å². The Bertz CT molecular complexity index is 689. The number of aliphatic carboxylic acids is 1. The Balaban J connectivity index is 1.43. The maximum atomic E-state index is 13.9. The lowest BCUT2D eigenvalue weighted by molar-refractivity contribution is -0.314. The summed E-state index contributed by atoms with van der Waals surface area (Å²) in [5.74, 6) is -3.15. The Morgan fingerprint density at radius 2 is 1.68 bits per heavy atom. The maximum Gasteiger partial charge on any atom is 0.229 e. The second kappa shape index (κ2) is 6.29. The first-order chi connectivity index (χ1) is 12.1. The van der Waals surface area contributed by atoms with Gasteiger partial charge in [0.05, 0.1) is 23.8 Å². The van der Waals surface area contributed by atoms with Crippen molar-refractivity contribution in [2.24, 2.45) is 11.8 Å². The zero-order valence-corrected chi connectivity index (χ0v) is 13.8. The molecule has 3 aliphatic rings. The molecule has 25 heavy (non-hydrogen) atoms. The largest absolute Gasteiger partial charge is 0.550 e. The van der Waals surface area contributed by atoms with Crippen molar-refractivity contribution < 1.29 is 23.8 Å². The van der Waals surface area contributed by atoms with E-state index in [0.717, 1.165) is 6.42 Å². The van der Waals surface area contributed by atoms with Gasteiger partial charge in [0.15, 0.2) is 0 Å². The number of nitrogens with zero attached hydrogens (tertiary/aromatic N) is 2. The Hall–Kier alpha value is -2.15. The number of carbonyl (C=O) groups is 2. The van der Waals surface area contributed by atoms with Crippen molar-refractivity contribution >= 4 is 17.6 Å². The van der Waals surface area contributed by atoms with Gasteiger partial charge in [0.25, 0.3) is 0 Å². The zero-order chi connectivity index (χ0) is 17.6. The van der Waals surface area contributed by atoms with Crippen molar-refractivity contribution in [3.05, 3.63) is 30.1 Å². The van der Waals surface area contributed by atoms with Gasteiger partial charge in [0.2, 0.25) is 5.91 Å². The van der Waals surface area contributed by atoms with Crippen LogP contribution in [0.2, 0.25) is 0 Å². The number of para-hydroxylation sites is 1. The van der Waals surface area contributed by atoms with Gasteiger partial charge in [-0.2, -0.15) is 0 Å². The molecule has 7 heteroatoms. The van der Waals surface area contributed by atoms with Gasteiger partial charge in [-0.3, -0.25) is 4.79 Å². The fourth-order valence-corrected chi connectivity index (χ4v) is 4.38. The van der Waals surface area contributed by atoms with E-state index in [-0.39, 0.29) is 17.8 Å². The molecule has 0 unspecified atom stereocenters. The number of piperazine rings is 1. The molecule has 1 amide bonds. The van der Waals surface area contributed by atoms with Gasteiger partial charge in [-0.05, 0) is 25.0 Å². The van der Waals surface area contributed by atoms with Crippen molar-refractivity contribution in [3.8, 4) is 0 Å². The van der Waals surface area contributed by atoms with E-state index < -0.39 is 23.9 Å². The third-order valence-electron chi connectivity index (χ3n) is 5.62. The Morgan fingerprint density at radius 3 is 2.32 bits per heavy atom. The Morgan fingerprint density at radius 1 is 1.04 bits per heavy atom. The van der Waals surface area contributed by atoms with E-state index in [0.29, 0.717) is 38.3 Å². The van der Waals surface area contributed by atoms with Gasteiger partial charge in [-0.15, -0.1) is 0 Å². The van der Waals surface area contributed by atoms with Crippen molar-refractivity contribution in [1.82, 2.24) is 4.90 Å². The highest BCUT2D eigenvalue weighted by molar-refractivity contribution is 5.86. The van der Waals surface area contributed by atoms with Crippen molar-refractivity contribution in [1.29, 1.82) is 0 Å². The van der Waals surface area contributed by atoms with E-state index in [2.05, 4.69) is 0 Å². The summed E-state index contributed by atoms with van der Waals surface area (Å²) in [6, 6.07) is 6.58. The van der Waals surface area contributed by atoms with E-state index in [9.17, 15) is 19.1 Å². The quantitative estimate of drug-likeness (QED) is 0.771. The normalized spacial score (nSPS) is 31.4. The van der Waals surface area contributed by atoms with Gasteiger partial charge >= 0.3 is 0 Å². The fourth-order valence-electron chi connectivity index (χ4n) is 4.38. The summed E-state index contributed by atoms with van der Waals surface area (Å²) in [5.41, 5.74) is 0.533. The molecular formula is C18H20FN2O4-. The maximum absolute atomic E-state index is 13.9. The Labute approximate surface area is 145 Å². The smallest absolute Gasteiger partial charge is 0.229 e. The van der Waals surface area contributed by atoms with Crippen LogP contribution in [0, 0.1) is 17.7 Å². The monoisotopic (exact) mass is 347 g/mol. The molecule has 3 aliphatic heterocycles. The SMILES string of the molecule is O=C([O-])[C@@H]1[C@@H](C(=O)N2CCN(c3ccccc3F)CC2)[C@@H]2CC[C@H]1O2. The van der Waals surface area contributed by atoms with Gasteiger partial charge < -0.3 is 24.4 Å². The third-order valence-corrected chi connectivity index (χ3v) is 5.62. The third kappa shape index (κ3) is 2.76. The lowest BCUT2D eigenvalue weighted by Crippen LogP contribution is -2.54. The van der Waals surface area contributed by atoms with Crippen LogP contribution in [-0.4, -0.2) is 55.2 Å². The zero-order valence-electron chi connectivity index (χ0n) is 13.8. The second-order valence-corrected chi connectivity index (χ2v) is 6.92. The molecule has 0 spiro atoms. The molecule has 0 radical (unpaired) electrons. The molecule has 2 bridgehead atoms. The number of carboxylic acid groups (broad SMARTS) is 1. The minimum atomic E-state index is -1.20. The second-order valence-electron chi connectivity index (χ2n) is 6.92. The van der Waals surface area contributed by atoms with E-state index in [1.807, 2.05) is 4.90 Å². The summed E-state index contributed by atoms with van der Waals surface area (Å²) >= 11 is 0. The van der Waals surface area contributed by atoms with Crippen LogP contribution in [0.15, 0.2) is 24.3 Å². The number of ether oxygens (including phenoxy) is 1. The summed E-state index contributed by atoms with van der Waals surface area (Å²) in [4.78, 5) is 27.9. The molecule has 4 atom stereocenters. The van der Waals surface area contributed by atoms with Crippen LogP contribution in [0.4, 0.5) is 10.1 Å². The molecular weight excluding hydrogens is 327 g/mol. The number of amides is 1. The molecule has 0 saturated carbocycles. The number of halogens is 1. The molecule has 6 nitrogen and oxygen atoms in total. The van der Waals surface area contributed by atoms with Gasteiger partial charge in [-0.25, -0.2) is 4.39 Å². The summed E-state index contributed by atoms with van der Waals surface area (Å²) in [6.07, 6.45) is 0.683. The van der Waals surface area contributed by atoms with Crippen molar-refractivity contribution in [2.45, 2.75) is 25.0 Å². The molecule has 0 N–H and O–H groups in total. The molecule has 4 rings (SSSR count). The summed E-state index contributed by atoms with van der Waals surface area (Å²) in [6.45, 7) is 1.93. The average molecular weight is 347 g/mol. The molecule has 3 fully saturated rings. The minimum Gasteiger partial charge on any atom is -0.550 e. The minimum absolute atomic E-state index is 0.172. The number of carboxylic acids is 1. The highest BCUT2D eigenvalue weighted by Crippen LogP contribution is 2.44. The lowest BCUT2D eigenvalue weighted by atomic mass is 9.78. The first-order valence-electron chi connectivity index (χ1n) is 8.71. The topological polar surface area (TPSA) is 72.9 Å². The summed E-state index contributed by atoms with van der Waals surface area (Å²) < 4.78 is 19.6. The van der Waals surface area contributed by atoms with Crippen LogP contribution >= 0.6 is 0 Å². The van der Waals surface area contributed by atoms with Crippen LogP contribution in [0.3, 0.4) is 0 Å². The molecule has 1 aromatic rings. The first kappa shape index (κ1) is 16.3.